The third kappa shape index (κ3) is 5.56. The van der Waals surface area contributed by atoms with Gasteiger partial charge in [-0.2, -0.15) is 0 Å². The van der Waals surface area contributed by atoms with Gasteiger partial charge in [-0.3, -0.25) is 20.0 Å². The molecule has 0 bridgehead atoms. The summed E-state index contributed by atoms with van der Waals surface area (Å²) in [5, 5.41) is 2.62. The van der Waals surface area contributed by atoms with E-state index in [1.807, 2.05) is 35.4 Å². The van der Waals surface area contributed by atoms with Gasteiger partial charge in [0.15, 0.2) is 5.82 Å². The van der Waals surface area contributed by atoms with Crippen LogP contribution in [0.4, 0.5) is 10.7 Å². The molecule has 0 radical (unpaired) electrons. The van der Waals surface area contributed by atoms with E-state index >= 15 is 0 Å². The SMILES string of the molecule is CCOC(=O)Nc1nc2c(-c3ncccn3)cc(-c3ccc(CN4CCN(C(C)=O)CC4)nc3)cc2[nH]1. The lowest BCUT2D eigenvalue weighted by Crippen LogP contribution is -2.47. The standard InChI is InChI=1S/C26H28N8O3/c1-3-37-26(36)32-25-30-22-14-19(13-21(23(22)31-25)24-27-7-4-8-28-24)18-5-6-20(29-15-18)16-33-9-11-34(12-10-33)17(2)35/h4-8,13-15H,3,9-12,16H2,1-2H3,(H2,30,31,32,36). The summed E-state index contributed by atoms with van der Waals surface area (Å²) in [6.45, 7) is 7.51. The second-order valence-electron chi connectivity index (χ2n) is 8.74. The van der Waals surface area contributed by atoms with Crippen LogP contribution in [0.1, 0.15) is 19.5 Å². The lowest BCUT2D eigenvalue weighted by Gasteiger charge is -2.33. The lowest BCUT2D eigenvalue weighted by molar-refractivity contribution is -0.130. The molecule has 4 heterocycles. The molecule has 1 aliphatic heterocycles. The summed E-state index contributed by atoms with van der Waals surface area (Å²) >= 11 is 0. The minimum absolute atomic E-state index is 0.125. The number of fused-ring (bicyclic) bond motifs is 1. The Balaban J connectivity index is 1.41. The maximum Gasteiger partial charge on any atom is 0.413 e. The van der Waals surface area contributed by atoms with Gasteiger partial charge in [0.2, 0.25) is 11.9 Å². The van der Waals surface area contributed by atoms with Crippen LogP contribution in [-0.4, -0.2) is 79.5 Å². The Labute approximate surface area is 213 Å². The Morgan fingerprint density at radius 2 is 1.84 bits per heavy atom. The summed E-state index contributed by atoms with van der Waals surface area (Å²) < 4.78 is 4.97. The third-order valence-corrected chi connectivity index (χ3v) is 6.25. The first-order valence-electron chi connectivity index (χ1n) is 12.2. The molecule has 11 heteroatoms. The minimum Gasteiger partial charge on any atom is -0.450 e. The van der Waals surface area contributed by atoms with Gasteiger partial charge in [-0.1, -0.05) is 6.07 Å². The van der Waals surface area contributed by atoms with Crippen LogP contribution >= 0.6 is 0 Å². The van der Waals surface area contributed by atoms with E-state index in [0.29, 0.717) is 11.3 Å². The lowest BCUT2D eigenvalue weighted by atomic mass is 10.0. The molecular weight excluding hydrogens is 472 g/mol. The zero-order chi connectivity index (χ0) is 25.8. The fraction of sp³-hybridized carbons (Fsp3) is 0.308. The van der Waals surface area contributed by atoms with Crippen LogP contribution < -0.4 is 5.32 Å². The topological polar surface area (TPSA) is 129 Å². The van der Waals surface area contributed by atoms with Crippen LogP contribution in [0.15, 0.2) is 48.9 Å². The minimum atomic E-state index is -0.582. The van der Waals surface area contributed by atoms with Crippen molar-refractivity contribution < 1.29 is 14.3 Å². The number of hydrogen-bond donors (Lipinski definition) is 2. The second-order valence-corrected chi connectivity index (χ2v) is 8.74. The van der Waals surface area contributed by atoms with Gasteiger partial charge >= 0.3 is 6.09 Å². The van der Waals surface area contributed by atoms with Crippen molar-refractivity contribution in [3.8, 4) is 22.5 Å². The third-order valence-electron chi connectivity index (χ3n) is 6.25. The molecule has 1 fully saturated rings. The van der Waals surface area contributed by atoms with Crippen molar-refractivity contribution in [2.75, 3.05) is 38.1 Å². The number of ether oxygens (including phenoxy) is 1. The molecule has 0 aliphatic carbocycles. The molecule has 4 aromatic rings. The van der Waals surface area contributed by atoms with Crippen molar-refractivity contribution in [1.29, 1.82) is 0 Å². The van der Waals surface area contributed by atoms with Gasteiger partial charge in [-0.15, -0.1) is 0 Å². The number of piperazine rings is 1. The van der Waals surface area contributed by atoms with E-state index < -0.39 is 6.09 Å². The van der Waals surface area contributed by atoms with Crippen molar-refractivity contribution in [3.05, 3.63) is 54.6 Å². The van der Waals surface area contributed by atoms with E-state index in [0.717, 1.165) is 60.6 Å². The van der Waals surface area contributed by atoms with E-state index in [-0.39, 0.29) is 18.5 Å². The number of aromatic amines is 1. The van der Waals surface area contributed by atoms with Crippen molar-refractivity contribution in [3.63, 3.8) is 0 Å². The number of aromatic nitrogens is 5. The normalized spacial score (nSPS) is 14.1. The number of anilines is 1. The zero-order valence-electron chi connectivity index (χ0n) is 20.8. The Bertz CT molecular complexity index is 1400. The maximum absolute atomic E-state index is 11.9. The molecule has 0 unspecified atom stereocenters. The highest BCUT2D eigenvalue weighted by molar-refractivity contribution is 5.96. The van der Waals surface area contributed by atoms with Crippen molar-refractivity contribution >= 4 is 29.0 Å². The molecule has 0 atom stereocenters. The summed E-state index contributed by atoms with van der Waals surface area (Å²) in [7, 11) is 0. The number of rotatable bonds is 6. The van der Waals surface area contributed by atoms with Crippen LogP contribution in [0.5, 0.6) is 0 Å². The molecule has 2 amide bonds. The highest BCUT2D eigenvalue weighted by atomic mass is 16.5. The Kier molecular flexibility index (Phi) is 7.04. The van der Waals surface area contributed by atoms with Gasteiger partial charge < -0.3 is 14.6 Å². The Morgan fingerprint density at radius 1 is 1.05 bits per heavy atom. The smallest absolute Gasteiger partial charge is 0.413 e. The van der Waals surface area contributed by atoms with E-state index in [4.69, 9.17) is 9.72 Å². The fourth-order valence-corrected chi connectivity index (χ4v) is 4.35. The van der Waals surface area contributed by atoms with Crippen LogP contribution in [0.2, 0.25) is 0 Å². The van der Waals surface area contributed by atoms with Crippen LogP contribution in [0.3, 0.4) is 0 Å². The monoisotopic (exact) mass is 500 g/mol. The molecule has 3 aromatic heterocycles. The Morgan fingerprint density at radius 3 is 2.51 bits per heavy atom. The zero-order valence-corrected chi connectivity index (χ0v) is 20.8. The maximum atomic E-state index is 11.9. The van der Waals surface area contributed by atoms with Crippen LogP contribution in [0.25, 0.3) is 33.5 Å². The van der Waals surface area contributed by atoms with Gasteiger partial charge in [-0.25, -0.2) is 19.7 Å². The number of H-pyrrole nitrogens is 1. The van der Waals surface area contributed by atoms with Gasteiger partial charge in [0.25, 0.3) is 0 Å². The summed E-state index contributed by atoms with van der Waals surface area (Å²) in [5.41, 5.74) is 4.90. The first kappa shape index (κ1) is 24.3. The highest BCUT2D eigenvalue weighted by Crippen LogP contribution is 2.32. The average Bonchev–Trinajstić information content (AvgIpc) is 3.31. The molecule has 0 spiro atoms. The van der Waals surface area contributed by atoms with E-state index in [1.54, 1.807) is 32.3 Å². The van der Waals surface area contributed by atoms with Crippen LogP contribution in [0, 0.1) is 0 Å². The van der Waals surface area contributed by atoms with Crippen LogP contribution in [-0.2, 0) is 16.1 Å². The van der Waals surface area contributed by atoms with Gasteiger partial charge in [0, 0.05) is 69.4 Å². The number of nitrogens with zero attached hydrogens (tertiary/aromatic N) is 6. The fourth-order valence-electron chi connectivity index (χ4n) is 4.35. The summed E-state index contributed by atoms with van der Waals surface area (Å²) in [4.78, 5) is 48.9. The van der Waals surface area contributed by atoms with E-state index in [9.17, 15) is 9.59 Å². The Hall–Kier alpha value is -4.38. The van der Waals surface area contributed by atoms with Crippen molar-refractivity contribution in [2.45, 2.75) is 20.4 Å². The second kappa shape index (κ2) is 10.7. The van der Waals surface area contributed by atoms with Crippen molar-refractivity contribution in [2.24, 2.45) is 0 Å². The molecule has 0 saturated carbocycles. The number of carbonyl (C=O) groups is 2. The van der Waals surface area contributed by atoms with Gasteiger partial charge in [0.1, 0.15) is 5.52 Å². The van der Waals surface area contributed by atoms with Crippen molar-refractivity contribution in [1.82, 2.24) is 34.7 Å². The molecule has 2 N–H and O–H groups in total. The van der Waals surface area contributed by atoms with Gasteiger partial charge in [-0.05, 0) is 36.8 Å². The molecule has 5 rings (SSSR count). The number of benzene rings is 1. The number of carbonyl (C=O) groups excluding carboxylic acids is 2. The molecule has 37 heavy (non-hydrogen) atoms. The molecule has 1 aliphatic rings. The van der Waals surface area contributed by atoms with E-state index in [1.165, 1.54) is 0 Å². The molecule has 11 nitrogen and oxygen atoms in total. The average molecular weight is 501 g/mol. The number of amides is 2. The predicted octanol–water partition coefficient (Wildman–Crippen LogP) is 3.31. The quantitative estimate of drug-likeness (QED) is 0.413. The number of pyridine rings is 1. The molecular formula is C26H28N8O3. The first-order chi connectivity index (χ1) is 18.0. The molecule has 190 valence electrons. The number of imidazole rings is 1. The largest absolute Gasteiger partial charge is 0.450 e. The molecule has 1 aromatic carbocycles. The first-order valence-corrected chi connectivity index (χ1v) is 12.2. The predicted molar refractivity (Wildman–Crippen MR) is 139 cm³/mol. The van der Waals surface area contributed by atoms with Gasteiger partial charge in [0.05, 0.1) is 17.8 Å². The van der Waals surface area contributed by atoms with E-state index in [2.05, 4.69) is 30.2 Å². The highest BCUT2D eigenvalue weighted by Gasteiger charge is 2.19. The number of nitrogens with one attached hydrogen (secondary N) is 2. The molecule has 1 saturated heterocycles. The summed E-state index contributed by atoms with van der Waals surface area (Å²) in [6, 6.07) is 9.76. The summed E-state index contributed by atoms with van der Waals surface area (Å²) in [6.07, 6.45) is 4.63. The summed E-state index contributed by atoms with van der Waals surface area (Å²) in [5.74, 6) is 0.930. The number of hydrogen-bond acceptors (Lipinski definition) is 8.